The van der Waals surface area contributed by atoms with Crippen molar-refractivity contribution in [3.05, 3.63) is 30.2 Å². The summed E-state index contributed by atoms with van der Waals surface area (Å²) in [5.41, 5.74) is 0.848. The lowest BCUT2D eigenvalue weighted by atomic mass is 10.2. The standard InChI is InChI=1S/C12H15N3O2/c1-3-16-10-7-5-4-6-9(10)12-14-11(8-13-2)17-15-12/h4-7,13H,3,8H2,1-2H3. The fourth-order valence-electron chi connectivity index (χ4n) is 1.52. The third-order valence-corrected chi connectivity index (χ3v) is 2.22. The Labute approximate surface area is 99.8 Å². The van der Waals surface area contributed by atoms with Gasteiger partial charge in [0.25, 0.3) is 0 Å². The van der Waals surface area contributed by atoms with Gasteiger partial charge in [-0.2, -0.15) is 4.98 Å². The fourth-order valence-corrected chi connectivity index (χ4v) is 1.52. The van der Waals surface area contributed by atoms with Crippen molar-refractivity contribution in [2.75, 3.05) is 13.7 Å². The van der Waals surface area contributed by atoms with Crippen molar-refractivity contribution < 1.29 is 9.26 Å². The highest BCUT2D eigenvalue weighted by Gasteiger charge is 2.12. The summed E-state index contributed by atoms with van der Waals surface area (Å²) < 4.78 is 10.6. The molecular weight excluding hydrogens is 218 g/mol. The van der Waals surface area contributed by atoms with Crippen LogP contribution < -0.4 is 10.1 Å². The molecule has 2 rings (SSSR count). The van der Waals surface area contributed by atoms with E-state index in [2.05, 4.69) is 15.5 Å². The third kappa shape index (κ3) is 2.62. The second kappa shape index (κ2) is 5.45. The van der Waals surface area contributed by atoms with Crippen LogP contribution in [0.3, 0.4) is 0 Å². The first-order valence-corrected chi connectivity index (χ1v) is 5.54. The van der Waals surface area contributed by atoms with E-state index in [-0.39, 0.29) is 0 Å². The minimum atomic E-state index is 0.555. The SMILES string of the molecule is CCOc1ccccc1-c1noc(CNC)n1. The normalized spacial score (nSPS) is 10.5. The van der Waals surface area contributed by atoms with E-state index in [1.807, 2.05) is 38.2 Å². The first kappa shape index (κ1) is 11.6. The zero-order valence-corrected chi connectivity index (χ0v) is 9.93. The summed E-state index contributed by atoms with van der Waals surface area (Å²) in [7, 11) is 1.83. The number of nitrogens with one attached hydrogen (secondary N) is 1. The van der Waals surface area contributed by atoms with Crippen molar-refractivity contribution in [2.45, 2.75) is 13.5 Å². The summed E-state index contributed by atoms with van der Waals surface area (Å²) in [4.78, 5) is 4.29. The molecule has 0 spiro atoms. The van der Waals surface area contributed by atoms with Crippen LogP contribution in [0.1, 0.15) is 12.8 Å². The molecule has 0 bridgehead atoms. The topological polar surface area (TPSA) is 60.2 Å². The number of rotatable bonds is 5. The molecule has 1 aromatic carbocycles. The van der Waals surface area contributed by atoms with Gasteiger partial charge in [0.15, 0.2) is 0 Å². The monoisotopic (exact) mass is 233 g/mol. The van der Waals surface area contributed by atoms with Crippen LogP contribution in [0, 0.1) is 0 Å². The highest BCUT2D eigenvalue weighted by Crippen LogP contribution is 2.27. The van der Waals surface area contributed by atoms with Gasteiger partial charge in [0.2, 0.25) is 11.7 Å². The van der Waals surface area contributed by atoms with Crippen molar-refractivity contribution in [1.82, 2.24) is 15.5 Å². The molecule has 0 atom stereocenters. The summed E-state index contributed by atoms with van der Waals surface area (Å²) in [5.74, 6) is 1.89. The molecule has 0 unspecified atom stereocenters. The van der Waals surface area contributed by atoms with Crippen LogP contribution in [0.4, 0.5) is 0 Å². The van der Waals surface area contributed by atoms with Crippen LogP contribution in [-0.4, -0.2) is 23.8 Å². The lowest BCUT2D eigenvalue weighted by Crippen LogP contribution is -2.04. The molecule has 1 heterocycles. The smallest absolute Gasteiger partial charge is 0.240 e. The largest absolute Gasteiger partial charge is 0.493 e. The number of para-hydroxylation sites is 1. The zero-order valence-electron chi connectivity index (χ0n) is 9.93. The maximum atomic E-state index is 5.52. The van der Waals surface area contributed by atoms with E-state index in [0.29, 0.717) is 24.9 Å². The van der Waals surface area contributed by atoms with Gasteiger partial charge < -0.3 is 14.6 Å². The van der Waals surface area contributed by atoms with E-state index in [1.165, 1.54) is 0 Å². The average Bonchev–Trinajstić information content (AvgIpc) is 2.79. The van der Waals surface area contributed by atoms with Crippen LogP contribution in [0.5, 0.6) is 5.75 Å². The zero-order chi connectivity index (χ0) is 12.1. The molecule has 90 valence electrons. The molecule has 17 heavy (non-hydrogen) atoms. The molecule has 1 N–H and O–H groups in total. The minimum absolute atomic E-state index is 0.555. The average molecular weight is 233 g/mol. The Morgan fingerprint density at radius 2 is 2.18 bits per heavy atom. The Bertz CT molecular complexity index is 482. The molecule has 0 aliphatic carbocycles. The number of aromatic nitrogens is 2. The van der Waals surface area contributed by atoms with Gasteiger partial charge in [-0.15, -0.1) is 0 Å². The summed E-state index contributed by atoms with van der Waals surface area (Å²) in [6, 6.07) is 7.65. The molecular formula is C12H15N3O2. The quantitative estimate of drug-likeness (QED) is 0.854. The predicted octanol–water partition coefficient (Wildman–Crippen LogP) is 1.85. The van der Waals surface area contributed by atoms with Gasteiger partial charge in [0.1, 0.15) is 5.75 Å². The summed E-state index contributed by atoms with van der Waals surface area (Å²) in [5, 5.41) is 6.90. The highest BCUT2D eigenvalue weighted by molar-refractivity contribution is 5.63. The van der Waals surface area contributed by atoms with Crippen molar-refractivity contribution in [3.8, 4) is 17.1 Å². The van der Waals surface area contributed by atoms with E-state index in [0.717, 1.165) is 11.3 Å². The van der Waals surface area contributed by atoms with Gasteiger partial charge in [-0.3, -0.25) is 0 Å². The van der Waals surface area contributed by atoms with Gasteiger partial charge in [0.05, 0.1) is 18.7 Å². The van der Waals surface area contributed by atoms with Crippen LogP contribution in [-0.2, 0) is 6.54 Å². The molecule has 0 aliphatic heterocycles. The van der Waals surface area contributed by atoms with Crippen LogP contribution >= 0.6 is 0 Å². The van der Waals surface area contributed by atoms with Crippen LogP contribution in [0.2, 0.25) is 0 Å². The number of nitrogens with zero attached hydrogens (tertiary/aromatic N) is 2. The summed E-state index contributed by atoms with van der Waals surface area (Å²) in [6.45, 7) is 3.11. The Morgan fingerprint density at radius 1 is 1.35 bits per heavy atom. The highest BCUT2D eigenvalue weighted by atomic mass is 16.5. The first-order chi connectivity index (χ1) is 8.35. The van der Waals surface area contributed by atoms with Crippen LogP contribution in [0.15, 0.2) is 28.8 Å². The van der Waals surface area contributed by atoms with Gasteiger partial charge in [0, 0.05) is 0 Å². The van der Waals surface area contributed by atoms with Gasteiger partial charge in [-0.25, -0.2) is 0 Å². The van der Waals surface area contributed by atoms with E-state index in [4.69, 9.17) is 9.26 Å². The van der Waals surface area contributed by atoms with Crippen molar-refractivity contribution >= 4 is 0 Å². The molecule has 0 radical (unpaired) electrons. The lowest BCUT2D eigenvalue weighted by molar-refractivity contribution is 0.340. The van der Waals surface area contributed by atoms with Crippen LogP contribution in [0.25, 0.3) is 11.4 Å². The Balaban J connectivity index is 2.31. The Kier molecular flexibility index (Phi) is 3.72. The van der Waals surface area contributed by atoms with Gasteiger partial charge in [-0.05, 0) is 26.1 Å². The fraction of sp³-hybridized carbons (Fsp3) is 0.333. The third-order valence-electron chi connectivity index (χ3n) is 2.22. The summed E-state index contributed by atoms with van der Waals surface area (Å²) >= 11 is 0. The van der Waals surface area contributed by atoms with E-state index in [9.17, 15) is 0 Å². The van der Waals surface area contributed by atoms with Gasteiger partial charge in [-0.1, -0.05) is 17.3 Å². The predicted molar refractivity (Wildman–Crippen MR) is 63.7 cm³/mol. The van der Waals surface area contributed by atoms with E-state index < -0.39 is 0 Å². The molecule has 1 aromatic heterocycles. The van der Waals surface area contributed by atoms with Crippen molar-refractivity contribution in [1.29, 1.82) is 0 Å². The maximum absolute atomic E-state index is 5.52. The van der Waals surface area contributed by atoms with Gasteiger partial charge >= 0.3 is 0 Å². The second-order valence-electron chi connectivity index (χ2n) is 3.47. The molecule has 5 nitrogen and oxygen atoms in total. The molecule has 2 aromatic rings. The molecule has 0 aliphatic rings. The van der Waals surface area contributed by atoms with Crippen molar-refractivity contribution in [3.63, 3.8) is 0 Å². The van der Waals surface area contributed by atoms with E-state index >= 15 is 0 Å². The first-order valence-electron chi connectivity index (χ1n) is 5.54. The maximum Gasteiger partial charge on any atom is 0.240 e. The summed E-state index contributed by atoms with van der Waals surface area (Å²) in [6.07, 6.45) is 0. The molecule has 0 saturated heterocycles. The lowest BCUT2D eigenvalue weighted by Gasteiger charge is -2.05. The Hall–Kier alpha value is -1.88. The molecule has 0 amide bonds. The number of hydrogen-bond acceptors (Lipinski definition) is 5. The number of ether oxygens (including phenoxy) is 1. The van der Waals surface area contributed by atoms with E-state index in [1.54, 1.807) is 0 Å². The number of hydrogen-bond donors (Lipinski definition) is 1. The minimum Gasteiger partial charge on any atom is -0.493 e. The number of benzene rings is 1. The molecule has 0 fully saturated rings. The second-order valence-corrected chi connectivity index (χ2v) is 3.47. The molecule has 0 saturated carbocycles. The Morgan fingerprint density at radius 3 is 2.94 bits per heavy atom. The van der Waals surface area contributed by atoms with Crippen molar-refractivity contribution in [2.24, 2.45) is 0 Å². The molecule has 5 heteroatoms.